The van der Waals surface area contributed by atoms with Gasteiger partial charge in [-0.2, -0.15) is 0 Å². The molecule has 0 aromatic rings. The molecule has 6 heteroatoms. The molecule has 0 spiro atoms. The number of aliphatic carboxylic acids is 1. The van der Waals surface area contributed by atoms with E-state index in [1.54, 1.807) is 0 Å². The fourth-order valence-corrected chi connectivity index (χ4v) is 0.600. The summed E-state index contributed by atoms with van der Waals surface area (Å²) in [6, 6.07) is -0.663. The van der Waals surface area contributed by atoms with E-state index in [0.717, 1.165) is 0 Å². The van der Waals surface area contributed by atoms with Crippen molar-refractivity contribution >= 4 is 18.4 Å². The maximum Gasteiger partial charge on any atom is 0.322 e. The lowest BCUT2D eigenvalue weighted by Gasteiger charge is -2.08. The molecule has 11 heavy (non-hydrogen) atoms. The lowest BCUT2D eigenvalue weighted by Crippen LogP contribution is -2.41. The number of carboxylic acid groups (broad SMARTS) is 1. The van der Waals surface area contributed by atoms with Crippen molar-refractivity contribution < 1.29 is 9.90 Å². The molecule has 0 fully saturated rings. The molecule has 68 valence electrons. The normalized spacial score (nSPS) is 11.8. The van der Waals surface area contributed by atoms with Gasteiger partial charge in [0.15, 0.2) is 0 Å². The first-order valence-electron chi connectivity index (χ1n) is 3.11. The molecule has 0 saturated carbocycles. The average Bonchev–Trinajstić information content (AvgIpc) is 1.89. The summed E-state index contributed by atoms with van der Waals surface area (Å²) in [5.41, 5.74) is 7.35. The van der Waals surface area contributed by atoms with E-state index in [1.807, 2.05) is 0 Å². The Hall–Kier alpha value is -0.360. The smallest absolute Gasteiger partial charge is 0.322 e. The highest BCUT2D eigenvalue weighted by Crippen LogP contribution is 1.93. The van der Waals surface area contributed by atoms with Gasteiger partial charge >= 0.3 is 5.97 Å². The second kappa shape index (κ2) is 7.74. The summed E-state index contributed by atoms with van der Waals surface area (Å²) in [5.74, 6) is 4.01. The second-order valence-corrected chi connectivity index (χ2v) is 1.99. The van der Waals surface area contributed by atoms with E-state index in [4.69, 9.17) is 16.7 Å². The highest BCUT2D eigenvalue weighted by Gasteiger charge is 2.13. The van der Waals surface area contributed by atoms with Crippen LogP contribution < -0.4 is 17.0 Å². The predicted molar refractivity (Wildman–Crippen MR) is 44.3 cm³/mol. The van der Waals surface area contributed by atoms with Gasteiger partial charge in [-0.3, -0.25) is 10.6 Å². The Morgan fingerprint density at radius 2 is 2.18 bits per heavy atom. The predicted octanol–water partition coefficient (Wildman–Crippen LogP) is -0.936. The summed E-state index contributed by atoms with van der Waals surface area (Å²) in [6.45, 7) is 0.492. The van der Waals surface area contributed by atoms with Crippen LogP contribution in [0.5, 0.6) is 0 Å². The molecule has 5 nitrogen and oxygen atoms in total. The van der Waals surface area contributed by atoms with Crippen LogP contribution in [0, 0.1) is 0 Å². The Kier molecular flexibility index (Phi) is 9.32. The highest BCUT2D eigenvalue weighted by molar-refractivity contribution is 5.85. The molecular weight excluding hydrogens is 170 g/mol. The van der Waals surface area contributed by atoms with Crippen molar-refractivity contribution in [3.63, 3.8) is 0 Å². The number of hydrogen-bond acceptors (Lipinski definition) is 4. The third-order valence-corrected chi connectivity index (χ3v) is 1.20. The Morgan fingerprint density at radius 1 is 1.64 bits per heavy atom. The number of nitrogens with one attached hydrogen (secondary N) is 1. The van der Waals surface area contributed by atoms with Crippen LogP contribution in [0.15, 0.2) is 0 Å². The van der Waals surface area contributed by atoms with Crippen LogP contribution in [0.4, 0.5) is 0 Å². The molecule has 0 radical (unpaired) electrons. The quantitative estimate of drug-likeness (QED) is 0.326. The average molecular weight is 184 g/mol. The van der Waals surface area contributed by atoms with E-state index in [-0.39, 0.29) is 12.4 Å². The molecule has 0 rings (SSSR count). The van der Waals surface area contributed by atoms with Gasteiger partial charge in [0, 0.05) is 0 Å². The number of nitrogens with two attached hydrogens (primary N) is 2. The monoisotopic (exact) mass is 183 g/mol. The SMILES string of the molecule is Cl.NCCC[C@H](NN)C(=O)O. The fourth-order valence-electron chi connectivity index (χ4n) is 0.600. The van der Waals surface area contributed by atoms with Gasteiger partial charge in [-0.05, 0) is 19.4 Å². The van der Waals surface area contributed by atoms with Crippen LogP contribution in [0.2, 0.25) is 0 Å². The molecule has 0 amide bonds. The maximum atomic E-state index is 10.3. The lowest BCUT2D eigenvalue weighted by molar-refractivity contribution is -0.139. The van der Waals surface area contributed by atoms with Crippen LogP contribution in [-0.2, 0) is 4.79 Å². The molecule has 0 unspecified atom stereocenters. The van der Waals surface area contributed by atoms with E-state index in [9.17, 15) is 4.79 Å². The Bertz CT molecular complexity index is 112. The number of hydrogen-bond donors (Lipinski definition) is 4. The van der Waals surface area contributed by atoms with Gasteiger partial charge in [-0.15, -0.1) is 12.4 Å². The number of carboxylic acids is 1. The van der Waals surface area contributed by atoms with Gasteiger partial charge in [0.1, 0.15) is 6.04 Å². The number of halogens is 1. The van der Waals surface area contributed by atoms with Crippen LogP contribution in [0.25, 0.3) is 0 Å². The van der Waals surface area contributed by atoms with Crippen molar-refractivity contribution in [1.82, 2.24) is 5.43 Å². The highest BCUT2D eigenvalue weighted by atomic mass is 35.5. The van der Waals surface area contributed by atoms with Gasteiger partial charge in [0.25, 0.3) is 0 Å². The summed E-state index contributed by atoms with van der Waals surface area (Å²) in [6.07, 6.45) is 1.14. The van der Waals surface area contributed by atoms with E-state index in [1.165, 1.54) is 0 Å². The molecule has 0 aromatic carbocycles. The lowest BCUT2D eigenvalue weighted by atomic mass is 10.2. The summed E-state index contributed by atoms with van der Waals surface area (Å²) >= 11 is 0. The zero-order valence-electron chi connectivity index (χ0n) is 6.12. The third kappa shape index (κ3) is 6.05. The standard InChI is InChI=1S/C5H13N3O2.ClH/c6-3-1-2-4(8-7)5(9)10;/h4,8H,1-3,6-7H2,(H,9,10);1H/t4-;/m0./s1. The minimum absolute atomic E-state index is 0. The summed E-state index contributed by atoms with van der Waals surface area (Å²) in [4.78, 5) is 10.3. The van der Waals surface area contributed by atoms with Gasteiger partial charge in [-0.1, -0.05) is 0 Å². The van der Waals surface area contributed by atoms with Crippen molar-refractivity contribution in [1.29, 1.82) is 0 Å². The number of carbonyl (C=O) groups is 1. The molecule has 0 saturated heterocycles. The first kappa shape index (κ1) is 13.2. The maximum absolute atomic E-state index is 10.3. The Balaban J connectivity index is 0. The summed E-state index contributed by atoms with van der Waals surface area (Å²) < 4.78 is 0. The Labute approximate surface area is 71.5 Å². The van der Waals surface area contributed by atoms with Crippen LogP contribution in [0.1, 0.15) is 12.8 Å². The van der Waals surface area contributed by atoms with Gasteiger partial charge in [-0.25, -0.2) is 5.43 Å². The van der Waals surface area contributed by atoms with Crippen LogP contribution in [-0.4, -0.2) is 23.7 Å². The molecule has 0 aliphatic heterocycles. The van der Waals surface area contributed by atoms with E-state index < -0.39 is 12.0 Å². The molecule has 0 aliphatic carbocycles. The van der Waals surface area contributed by atoms with E-state index >= 15 is 0 Å². The van der Waals surface area contributed by atoms with Crippen molar-refractivity contribution in [2.75, 3.05) is 6.54 Å². The van der Waals surface area contributed by atoms with Crippen molar-refractivity contribution in [3.8, 4) is 0 Å². The zero-order chi connectivity index (χ0) is 7.98. The molecule has 0 aromatic heterocycles. The fraction of sp³-hybridized carbons (Fsp3) is 0.800. The van der Waals surface area contributed by atoms with Gasteiger partial charge in [0.05, 0.1) is 0 Å². The second-order valence-electron chi connectivity index (χ2n) is 1.99. The molecule has 0 aliphatic rings. The Morgan fingerprint density at radius 3 is 2.45 bits per heavy atom. The minimum atomic E-state index is -0.934. The topological polar surface area (TPSA) is 101 Å². The first-order chi connectivity index (χ1) is 4.72. The van der Waals surface area contributed by atoms with Gasteiger partial charge in [0.2, 0.25) is 0 Å². The molecule has 0 bridgehead atoms. The first-order valence-corrected chi connectivity index (χ1v) is 3.11. The van der Waals surface area contributed by atoms with E-state index in [0.29, 0.717) is 19.4 Å². The van der Waals surface area contributed by atoms with Crippen molar-refractivity contribution in [3.05, 3.63) is 0 Å². The third-order valence-electron chi connectivity index (χ3n) is 1.20. The molecule has 0 heterocycles. The summed E-state index contributed by atoms with van der Waals surface area (Å²) in [7, 11) is 0. The van der Waals surface area contributed by atoms with Gasteiger partial charge < -0.3 is 10.8 Å². The minimum Gasteiger partial charge on any atom is -0.480 e. The zero-order valence-corrected chi connectivity index (χ0v) is 6.93. The van der Waals surface area contributed by atoms with Crippen LogP contribution >= 0.6 is 12.4 Å². The molecule has 6 N–H and O–H groups in total. The number of hydrazine groups is 1. The van der Waals surface area contributed by atoms with Crippen molar-refractivity contribution in [2.24, 2.45) is 11.6 Å². The molecule has 1 atom stereocenters. The number of rotatable bonds is 5. The van der Waals surface area contributed by atoms with Crippen LogP contribution in [0.3, 0.4) is 0 Å². The molecular formula is C5H14ClN3O2. The van der Waals surface area contributed by atoms with E-state index in [2.05, 4.69) is 5.43 Å². The summed E-state index contributed by atoms with van der Waals surface area (Å²) in [5, 5.41) is 8.42. The van der Waals surface area contributed by atoms with Crippen molar-refractivity contribution in [2.45, 2.75) is 18.9 Å². The largest absolute Gasteiger partial charge is 0.480 e.